The van der Waals surface area contributed by atoms with Gasteiger partial charge in [0.2, 0.25) is 0 Å². The minimum absolute atomic E-state index is 0.874. The Morgan fingerprint density at radius 1 is 1.05 bits per heavy atom. The summed E-state index contributed by atoms with van der Waals surface area (Å²) in [4.78, 5) is 4.54. The van der Waals surface area contributed by atoms with E-state index in [1.54, 1.807) is 0 Å². The fourth-order valence-electron chi connectivity index (χ4n) is 2.00. The standard InChI is InChI=1S/C15H22N4/c1-4-14-17-15(5-2)19(18-14)13-9-7-12(8-10-13)11-16-6-3/h7-10,16H,4-6,11H2,1-3H3. The first-order valence-corrected chi connectivity index (χ1v) is 7.03. The van der Waals surface area contributed by atoms with Gasteiger partial charge in [-0.1, -0.05) is 32.9 Å². The Hall–Kier alpha value is -1.68. The van der Waals surface area contributed by atoms with E-state index in [0.29, 0.717) is 0 Å². The van der Waals surface area contributed by atoms with E-state index in [0.717, 1.165) is 43.3 Å². The van der Waals surface area contributed by atoms with Gasteiger partial charge in [0.1, 0.15) is 5.82 Å². The predicted molar refractivity (Wildman–Crippen MR) is 77.5 cm³/mol. The molecule has 1 aromatic carbocycles. The lowest BCUT2D eigenvalue weighted by Crippen LogP contribution is -2.11. The molecule has 1 heterocycles. The second-order valence-electron chi connectivity index (χ2n) is 4.51. The zero-order valence-electron chi connectivity index (χ0n) is 12.0. The number of nitrogens with one attached hydrogen (secondary N) is 1. The Morgan fingerprint density at radius 3 is 2.37 bits per heavy atom. The van der Waals surface area contributed by atoms with Crippen molar-refractivity contribution >= 4 is 0 Å². The summed E-state index contributed by atoms with van der Waals surface area (Å²) in [5.41, 5.74) is 2.38. The monoisotopic (exact) mass is 258 g/mol. The van der Waals surface area contributed by atoms with Crippen molar-refractivity contribution in [3.63, 3.8) is 0 Å². The molecule has 0 saturated carbocycles. The number of hydrogen-bond donors (Lipinski definition) is 1. The molecule has 0 spiro atoms. The van der Waals surface area contributed by atoms with Gasteiger partial charge in [0.15, 0.2) is 5.82 Å². The molecule has 1 aromatic heterocycles. The highest BCUT2D eigenvalue weighted by molar-refractivity contribution is 5.34. The van der Waals surface area contributed by atoms with Crippen molar-refractivity contribution in [2.24, 2.45) is 0 Å². The first-order valence-electron chi connectivity index (χ1n) is 7.03. The van der Waals surface area contributed by atoms with Gasteiger partial charge in [-0.15, -0.1) is 0 Å². The van der Waals surface area contributed by atoms with E-state index >= 15 is 0 Å². The Morgan fingerprint density at radius 2 is 1.79 bits per heavy atom. The van der Waals surface area contributed by atoms with Gasteiger partial charge in [0.25, 0.3) is 0 Å². The highest BCUT2D eigenvalue weighted by Crippen LogP contribution is 2.12. The van der Waals surface area contributed by atoms with Gasteiger partial charge < -0.3 is 5.32 Å². The van der Waals surface area contributed by atoms with Crippen LogP contribution in [0.5, 0.6) is 0 Å². The summed E-state index contributed by atoms with van der Waals surface area (Å²) in [6, 6.07) is 8.51. The smallest absolute Gasteiger partial charge is 0.151 e. The van der Waals surface area contributed by atoms with Crippen LogP contribution in [-0.2, 0) is 19.4 Å². The molecular weight excluding hydrogens is 236 g/mol. The fraction of sp³-hybridized carbons (Fsp3) is 0.467. The van der Waals surface area contributed by atoms with Crippen molar-refractivity contribution < 1.29 is 0 Å². The SMILES string of the molecule is CCNCc1ccc(-n2nc(CC)nc2CC)cc1. The summed E-state index contributed by atoms with van der Waals surface area (Å²) >= 11 is 0. The summed E-state index contributed by atoms with van der Waals surface area (Å²) in [6.07, 6.45) is 1.77. The van der Waals surface area contributed by atoms with Gasteiger partial charge >= 0.3 is 0 Å². The van der Waals surface area contributed by atoms with Crippen LogP contribution >= 0.6 is 0 Å². The highest BCUT2D eigenvalue weighted by atomic mass is 15.3. The Kier molecular flexibility index (Phi) is 4.68. The molecular formula is C15H22N4. The summed E-state index contributed by atoms with van der Waals surface area (Å²) in [7, 11) is 0. The molecule has 0 amide bonds. The molecule has 0 aliphatic heterocycles. The minimum atomic E-state index is 0.874. The molecule has 0 unspecified atom stereocenters. The predicted octanol–water partition coefficient (Wildman–Crippen LogP) is 2.50. The van der Waals surface area contributed by atoms with E-state index in [2.05, 4.69) is 60.4 Å². The maximum absolute atomic E-state index is 4.55. The summed E-state index contributed by atoms with van der Waals surface area (Å²) < 4.78 is 1.95. The van der Waals surface area contributed by atoms with E-state index in [-0.39, 0.29) is 0 Å². The van der Waals surface area contributed by atoms with E-state index in [1.165, 1.54) is 5.56 Å². The summed E-state index contributed by atoms with van der Waals surface area (Å²) in [5, 5.41) is 7.88. The van der Waals surface area contributed by atoms with Gasteiger partial charge in [-0.3, -0.25) is 0 Å². The second kappa shape index (κ2) is 6.48. The Balaban J connectivity index is 2.23. The average molecular weight is 258 g/mol. The number of aryl methyl sites for hydroxylation is 2. The van der Waals surface area contributed by atoms with Crippen molar-refractivity contribution in [2.45, 2.75) is 40.2 Å². The zero-order chi connectivity index (χ0) is 13.7. The van der Waals surface area contributed by atoms with Crippen LogP contribution < -0.4 is 5.32 Å². The molecule has 102 valence electrons. The first-order chi connectivity index (χ1) is 9.28. The van der Waals surface area contributed by atoms with E-state index in [9.17, 15) is 0 Å². The highest BCUT2D eigenvalue weighted by Gasteiger charge is 2.08. The largest absolute Gasteiger partial charge is 0.313 e. The maximum Gasteiger partial charge on any atom is 0.151 e. The molecule has 0 aliphatic carbocycles. The fourth-order valence-corrected chi connectivity index (χ4v) is 2.00. The lowest BCUT2D eigenvalue weighted by atomic mass is 10.2. The molecule has 2 rings (SSSR count). The van der Waals surface area contributed by atoms with Crippen LogP contribution in [-0.4, -0.2) is 21.3 Å². The van der Waals surface area contributed by atoms with Crippen LogP contribution in [0.1, 0.15) is 38.0 Å². The van der Waals surface area contributed by atoms with Crippen LogP contribution in [0.2, 0.25) is 0 Å². The number of nitrogens with zero attached hydrogens (tertiary/aromatic N) is 3. The van der Waals surface area contributed by atoms with Crippen LogP contribution in [0.15, 0.2) is 24.3 Å². The number of rotatable bonds is 6. The summed E-state index contributed by atoms with van der Waals surface area (Å²) in [6.45, 7) is 8.21. The molecule has 0 radical (unpaired) electrons. The molecule has 0 bridgehead atoms. The molecule has 4 nitrogen and oxygen atoms in total. The number of aromatic nitrogens is 3. The average Bonchev–Trinajstić information content (AvgIpc) is 2.89. The topological polar surface area (TPSA) is 42.7 Å². The van der Waals surface area contributed by atoms with Gasteiger partial charge in [0, 0.05) is 19.4 Å². The lowest BCUT2D eigenvalue weighted by Gasteiger charge is -2.06. The van der Waals surface area contributed by atoms with Gasteiger partial charge in [-0.05, 0) is 24.2 Å². The molecule has 2 aromatic rings. The van der Waals surface area contributed by atoms with Crippen molar-refractivity contribution in [3.8, 4) is 5.69 Å². The van der Waals surface area contributed by atoms with Crippen LogP contribution in [0.25, 0.3) is 5.69 Å². The molecule has 0 fully saturated rings. The second-order valence-corrected chi connectivity index (χ2v) is 4.51. The zero-order valence-corrected chi connectivity index (χ0v) is 12.0. The van der Waals surface area contributed by atoms with Gasteiger partial charge in [-0.2, -0.15) is 5.10 Å². The molecule has 4 heteroatoms. The lowest BCUT2D eigenvalue weighted by molar-refractivity contribution is 0.725. The van der Waals surface area contributed by atoms with E-state index in [1.807, 2.05) is 4.68 Å². The van der Waals surface area contributed by atoms with Crippen LogP contribution in [0.3, 0.4) is 0 Å². The third-order valence-corrected chi connectivity index (χ3v) is 3.11. The van der Waals surface area contributed by atoms with E-state index in [4.69, 9.17) is 0 Å². The van der Waals surface area contributed by atoms with Gasteiger partial charge in [-0.25, -0.2) is 9.67 Å². The van der Waals surface area contributed by atoms with Crippen molar-refractivity contribution in [1.82, 2.24) is 20.1 Å². The summed E-state index contributed by atoms with van der Waals surface area (Å²) in [5.74, 6) is 1.94. The number of hydrogen-bond acceptors (Lipinski definition) is 3. The molecule has 0 atom stereocenters. The first kappa shape index (κ1) is 13.7. The van der Waals surface area contributed by atoms with Crippen molar-refractivity contribution in [1.29, 1.82) is 0 Å². The molecule has 0 aliphatic rings. The number of benzene rings is 1. The Bertz CT molecular complexity index is 513. The van der Waals surface area contributed by atoms with Gasteiger partial charge in [0.05, 0.1) is 5.69 Å². The molecule has 19 heavy (non-hydrogen) atoms. The molecule has 0 saturated heterocycles. The quantitative estimate of drug-likeness (QED) is 0.865. The van der Waals surface area contributed by atoms with E-state index < -0.39 is 0 Å². The minimum Gasteiger partial charge on any atom is -0.313 e. The Labute approximate surface area is 114 Å². The normalized spacial score (nSPS) is 10.9. The van der Waals surface area contributed by atoms with Crippen LogP contribution in [0.4, 0.5) is 0 Å². The maximum atomic E-state index is 4.55. The molecule has 1 N–H and O–H groups in total. The van der Waals surface area contributed by atoms with Crippen LogP contribution in [0, 0.1) is 0 Å². The van der Waals surface area contributed by atoms with Crippen molar-refractivity contribution in [2.75, 3.05) is 6.54 Å². The van der Waals surface area contributed by atoms with Crippen molar-refractivity contribution in [3.05, 3.63) is 41.5 Å². The third kappa shape index (κ3) is 3.20. The third-order valence-electron chi connectivity index (χ3n) is 3.11.